The number of rotatable bonds is 4. The Morgan fingerprint density at radius 3 is 2.61 bits per heavy atom. The van der Waals surface area contributed by atoms with E-state index in [1.807, 2.05) is 26.1 Å². The molecule has 1 spiro atoms. The Hall–Kier alpha value is -2.96. The quantitative estimate of drug-likeness (QED) is 0.880. The number of carbonyl (C=O) groups excluding carboxylic acids is 2. The van der Waals surface area contributed by atoms with Crippen LogP contribution in [0.4, 0.5) is 11.6 Å². The lowest BCUT2D eigenvalue weighted by Gasteiger charge is -2.38. The maximum absolute atomic E-state index is 13.2. The maximum Gasteiger partial charge on any atom is 0.251 e. The number of piperidine rings is 1. The molecular weight excluding hydrogens is 354 g/mol. The molecule has 2 amide bonds. The van der Waals surface area contributed by atoms with Gasteiger partial charge in [0.2, 0.25) is 11.9 Å². The van der Waals surface area contributed by atoms with E-state index in [1.54, 1.807) is 29.4 Å². The summed E-state index contributed by atoms with van der Waals surface area (Å²) in [7, 11) is 1.82. The fourth-order valence-electron chi connectivity index (χ4n) is 4.27. The molecule has 2 aliphatic heterocycles. The number of fused-ring (bicyclic) bond motifs is 2. The molecule has 0 atom stereocenters. The zero-order valence-electron chi connectivity index (χ0n) is 16.3. The molecule has 4 rings (SSSR count). The highest BCUT2D eigenvalue weighted by Gasteiger charge is 2.51. The van der Waals surface area contributed by atoms with Gasteiger partial charge in [0.25, 0.3) is 5.91 Å². The number of amides is 2. The molecule has 1 saturated heterocycles. The van der Waals surface area contributed by atoms with E-state index in [2.05, 4.69) is 20.2 Å². The van der Waals surface area contributed by atoms with Crippen molar-refractivity contribution in [2.24, 2.45) is 0 Å². The average molecular weight is 379 g/mol. The molecule has 0 unspecified atom stereocenters. The van der Waals surface area contributed by atoms with Crippen molar-refractivity contribution >= 4 is 23.5 Å². The van der Waals surface area contributed by atoms with Crippen molar-refractivity contribution in [1.82, 2.24) is 15.3 Å². The van der Waals surface area contributed by atoms with Gasteiger partial charge in [-0.15, -0.1) is 0 Å². The fourth-order valence-corrected chi connectivity index (χ4v) is 4.27. The molecule has 3 heterocycles. The van der Waals surface area contributed by atoms with E-state index in [4.69, 9.17) is 0 Å². The summed E-state index contributed by atoms with van der Waals surface area (Å²) in [5, 5.41) is 2.92. The van der Waals surface area contributed by atoms with Crippen LogP contribution in [0.15, 0.2) is 36.7 Å². The first-order valence-electron chi connectivity index (χ1n) is 9.79. The highest BCUT2D eigenvalue weighted by Crippen LogP contribution is 2.48. The molecule has 0 radical (unpaired) electrons. The summed E-state index contributed by atoms with van der Waals surface area (Å²) in [6, 6.07) is 7.41. The number of nitrogens with zero attached hydrogens (tertiary/aromatic N) is 4. The van der Waals surface area contributed by atoms with Crippen LogP contribution < -0.4 is 15.1 Å². The molecule has 1 fully saturated rings. The summed E-state index contributed by atoms with van der Waals surface area (Å²) in [6.07, 6.45) is 5.72. The second-order valence-electron chi connectivity index (χ2n) is 7.47. The number of carbonyl (C=O) groups is 2. The molecule has 2 aromatic rings. The first kappa shape index (κ1) is 18.4. The highest BCUT2D eigenvalue weighted by molar-refractivity contribution is 6.09. The first-order valence-corrected chi connectivity index (χ1v) is 9.79. The van der Waals surface area contributed by atoms with Gasteiger partial charge in [0.15, 0.2) is 0 Å². The van der Waals surface area contributed by atoms with Crippen molar-refractivity contribution in [3.8, 4) is 0 Å². The largest absolute Gasteiger partial charge is 0.352 e. The summed E-state index contributed by atoms with van der Waals surface area (Å²) >= 11 is 0. The van der Waals surface area contributed by atoms with Crippen LogP contribution in [0, 0.1) is 0 Å². The molecule has 146 valence electrons. The normalized spacial score (nSPS) is 17.7. The minimum absolute atomic E-state index is 0.0862. The third kappa shape index (κ3) is 2.91. The topological polar surface area (TPSA) is 78.4 Å². The molecule has 0 bridgehead atoms. The van der Waals surface area contributed by atoms with Crippen LogP contribution in [0.1, 0.15) is 42.1 Å². The summed E-state index contributed by atoms with van der Waals surface area (Å²) in [5.74, 6) is 0.725. The molecule has 1 N–H and O–H groups in total. The summed E-state index contributed by atoms with van der Waals surface area (Å²) in [4.78, 5) is 38.2. The van der Waals surface area contributed by atoms with Gasteiger partial charge >= 0.3 is 0 Å². The number of anilines is 2. The van der Waals surface area contributed by atoms with E-state index in [1.165, 1.54) is 0 Å². The van der Waals surface area contributed by atoms with Gasteiger partial charge in [-0.2, -0.15) is 0 Å². The predicted octanol–water partition coefficient (Wildman–Crippen LogP) is 2.13. The summed E-state index contributed by atoms with van der Waals surface area (Å²) < 4.78 is 0. The Kier molecular flexibility index (Phi) is 4.75. The van der Waals surface area contributed by atoms with Crippen LogP contribution in [0.3, 0.4) is 0 Å². The van der Waals surface area contributed by atoms with E-state index >= 15 is 0 Å². The van der Waals surface area contributed by atoms with Crippen molar-refractivity contribution in [1.29, 1.82) is 0 Å². The van der Waals surface area contributed by atoms with E-state index in [0.717, 1.165) is 17.7 Å². The van der Waals surface area contributed by atoms with Crippen molar-refractivity contribution in [2.45, 2.75) is 31.6 Å². The molecular formula is C21H25N5O2. The lowest BCUT2D eigenvalue weighted by molar-refractivity contribution is -0.123. The predicted molar refractivity (Wildman–Crippen MR) is 108 cm³/mol. The van der Waals surface area contributed by atoms with Crippen LogP contribution >= 0.6 is 0 Å². The second kappa shape index (κ2) is 7.22. The molecule has 7 heteroatoms. The van der Waals surface area contributed by atoms with Crippen LogP contribution in [0.5, 0.6) is 0 Å². The average Bonchev–Trinajstić information content (AvgIpc) is 2.95. The van der Waals surface area contributed by atoms with Gasteiger partial charge in [0, 0.05) is 50.3 Å². The summed E-state index contributed by atoms with van der Waals surface area (Å²) in [5.41, 5.74) is 1.92. The van der Waals surface area contributed by atoms with Gasteiger partial charge in [-0.25, -0.2) is 9.97 Å². The fraction of sp³-hybridized carbons (Fsp3) is 0.429. The Balaban J connectivity index is 1.63. The second-order valence-corrected chi connectivity index (χ2v) is 7.47. The number of hydrogen-bond donors (Lipinski definition) is 1. The SMILES string of the molecule is CCCNC(=O)c1ccc2c(c1)C1(CCN(c3ncccn3)CC1)C(=O)N2C. The van der Waals surface area contributed by atoms with Gasteiger partial charge in [-0.05, 0) is 49.1 Å². The van der Waals surface area contributed by atoms with E-state index < -0.39 is 5.41 Å². The Bertz CT molecular complexity index is 891. The van der Waals surface area contributed by atoms with Gasteiger partial charge in [0.1, 0.15) is 0 Å². The first-order chi connectivity index (χ1) is 13.6. The van der Waals surface area contributed by atoms with Gasteiger partial charge in [0.05, 0.1) is 5.41 Å². The lowest BCUT2D eigenvalue weighted by Crippen LogP contribution is -2.48. The Morgan fingerprint density at radius 1 is 1.21 bits per heavy atom. The zero-order valence-corrected chi connectivity index (χ0v) is 16.3. The smallest absolute Gasteiger partial charge is 0.251 e. The van der Waals surface area contributed by atoms with Crippen LogP contribution in [-0.4, -0.2) is 48.5 Å². The van der Waals surface area contributed by atoms with Crippen molar-refractivity contribution in [2.75, 3.05) is 36.5 Å². The van der Waals surface area contributed by atoms with E-state index in [-0.39, 0.29) is 11.8 Å². The molecule has 0 aliphatic carbocycles. The molecule has 1 aromatic heterocycles. The monoisotopic (exact) mass is 379 g/mol. The van der Waals surface area contributed by atoms with Crippen LogP contribution in [0.2, 0.25) is 0 Å². The standard InChI is InChI=1S/C21H25N5O2/c1-3-9-22-18(27)15-5-6-17-16(14-15)21(19(28)25(17)2)7-12-26(13-8-21)20-23-10-4-11-24-20/h4-6,10-11,14H,3,7-9,12-13H2,1-2H3,(H,22,27). The van der Waals surface area contributed by atoms with E-state index in [9.17, 15) is 9.59 Å². The van der Waals surface area contributed by atoms with Crippen molar-refractivity contribution in [3.63, 3.8) is 0 Å². The third-order valence-corrected chi connectivity index (χ3v) is 5.84. The Labute approximate surface area is 164 Å². The molecule has 7 nitrogen and oxygen atoms in total. The number of benzene rings is 1. The van der Waals surface area contributed by atoms with Crippen LogP contribution in [0.25, 0.3) is 0 Å². The maximum atomic E-state index is 13.2. The molecule has 2 aliphatic rings. The minimum Gasteiger partial charge on any atom is -0.352 e. The molecule has 28 heavy (non-hydrogen) atoms. The van der Waals surface area contributed by atoms with Crippen molar-refractivity contribution < 1.29 is 9.59 Å². The summed E-state index contributed by atoms with van der Waals surface area (Å²) in [6.45, 7) is 4.08. The highest BCUT2D eigenvalue weighted by atomic mass is 16.2. The lowest BCUT2D eigenvalue weighted by atomic mass is 9.73. The zero-order chi connectivity index (χ0) is 19.7. The number of likely N-dealkylation sites (N-methyl/N-ethyl adjacent to an activating group) is 1. The van der Waals surface area contributed by atoms with Crippen LogP contribution in [-0.2, 0) is 10.2 Å². The van der Waals surface area contributed by atoms with Crippen molar-refractivity contribution in [3.05, 3.63) is 47.8 Å². The van der Waals surface area contributed by atoms with Gasteiger partial charge in [-0.1, -0.05) is 6.92 Å². The number of aromatic nitrogens is 2. The van der Waals surface area contributed by atoms with Gasteiger partial charge in [-0.3, -0.25) is 9.59 Å². The number of nitrogens with one attached hydrogen (secondary N) is 1. The minimum atomic E-state index is -0.573. The number of hydrogen-bond acceptors (Lipinski definition) is 5. The third-order valence-electron chi connectivity index (χ3n) is 5.84. The molecule has 1 aromatic carbocycles. The Morgan fingerprint density at radius 2 is 1.93 bits per heavy atom. The van der Waals surface area contributed by atoms with E-state index in [0.29, 0.717) is 44.0 Å². The van der Waals surface area contributed by atoms with Gasteiger partial charge < -0.3 is 15.1 Å². The molecule has 0 saturated carbocycles.